The van der Waals surface area contributed by atoms with Crippen LogP contribution in [0.3, 0.4) is 0 Å². The minimum Gasteiger partial charge on any atom is -0.320 e. The number of aromatic nitrogens is 1. The molecule has 1 aliphatic rings. The first-order valence-electron chi connectivity index (χ1n) is 8.46. The van der Waals surface area contributed by atoms with Crippen LogP contribution in [0.2, 0.25) is 0 Å². The molecule has 2 aromatic carbocycles. The molecule has 1 aromatic heterocycles. The van der Waals surface area contributed by atoms with E-state index >= 15 is 0 Å². The highest BCUT2D eigenvalue weighted by molar-refractivity contribution is 7.07. The van der Waals surface area contributed by atoms with Gasteiger partial charge in [0.2, 0.25) is 4.80 Å². The topological polar surface area (TPSA) is 145 Å². The number of rotatable bonds is 4. The van der Waals surface area contributed by atoms with Crippen molar-refractivity contribution in [3.05, 3.63) is 78.4 Å². The van der Waals surface area contributed by atoms with Crippen molar-refractivity contribution >= 4 is 40.0 Å². The van der Waals surface area contributed by atoms with E-state index in [4.69, 9.17) is 0 Å². The summed E-state index contributed by atoms with van der Waals surface area (Å²) in [7, 11) is 1.72. The van der Waals surface area contributed by atoms with Gasteiger partial charge in [-0.05, 0) is 6.07 Å². The molecule has 0 saturated heterocycles. The van der Waals surface area contributed by atoms with E-state index in [9.17, 15) is 25.0 Å². The predicted molar refractivity (Wildman–Crippen MR) is 109 cm³/mol. The minimum absolute atomic E-state index is 0.0287. The molecule has 0 fully saturated rings. The van der Waals surface area contributed by atoms with Crippen LogP contribution < -0.4 is 10.1 Å². The zero-order chi connectivity index (χ0) is 21.4. The summed E-state index contributed by atoms with van der Waals surface area (Å²) in [6, 6.07) is 10.2. The van der Waals surface area contributed by atoms with E-state index < -0.39 is 15.8 Å². The molecule has 0 aliphatic carbocycles. The number of anilines is 1. The van der Waals surface area contributed by atoms with Gasteiger partial charge < -0.3 is 9.88 Å². The van der Waals surface area contributed by atoms with Gasteiger partial charge in [0.25, 0.3) is 17.3 Å². The Morgan fingerprint density at radius 1 is 1.03 bits per heavy atom. The number of non-ortho nitro benzene ring substituents is 2. The second-order valence-electron chi connectivity index (χ2n) is 6.26. The van der Waals surface area contributed by atoms with Crippen LogP contribution in [-0.4, -0.2) is 26.0 Å². The van der Waals surface area contributed by atoms with E-state index in [1.165, 1.54) is 41.7 Å². The summed E-state index contributed by atoms with van der Waals surface area (Å²) in [5, 5.41) is 34.5. The van der Waals surface area contributed by atoms with E-state index in [-0.39, 0.29) is 17.1 Å². The predicted octanol–water partition coefficient (Wildman–Crippen LogP) is 2.83. The van der Waals surface area contributed by atoms with Crippen LogP contribution in [-0.2, 0) is 11.8 Å². The number of thiazole rings is 1. The molecule has 1 amide bonds. The second kappa shape index (κ2) is 7.33. The van der Waals surface area contributed by atoms with Gasteiger partial charge in [-0.1, -0.05) is 12.1 Å². The van der Waals surface area contributed by atoms with E-state index in [1.54, 1.807) is 29.1 Å². The van der Waals surface area contributed by atoms with Crippen molar-refractivity contribution in [1.29, 1.82) is 0 Å². The number of nitrogens with one attached hydrogen (secondary N) is 1. The molecule has 0 bridgehead atoms. The van der Waals surface area contributed by atoms with Gasteiger partial charge in [0.1, 0.15) is 0 Å². The second-order valence-corrected chi connectivity index (χ2v) is 7.10. The Labute approximate surface area is 171 Å². The zero-order valence-electron chi connectivity index (χ0n) is 15.3. The molecular formula is C18H12N6O5S. The van der Waals surface area contributed by atoms with Gasteiger partial charge in [-0.2, -0.15) is 0 Å². The smallest absolute Gasteiger partial charge is 0.276 e. The van der Waals surface area contributed by atoms with Crippen LogP contribution >= 0.6 is 11.3 Å². The third-order valence-electron chi connectivity index (χ3n) is 4.44. The zero-order valence-corrected chi connectivity index (χ0v) is 16.1. The monoisotopic (exact) mass is 424 g/mol. The van der Waals surface area contributed by atoms with Gasteiger partial charge in [-0.3, -0.25) is 25.0 Å². The van der Waals surface area contributed by atoms with Crippen LogP contribution in [0.5, 0.6) is 0 Å². The molecule has 30 heavy (non-hydrogen) atoms. The first-order chi connectivity index (χ1) is 14.3. The van der Waals surface area contributed by atoms with E-state index in [2.05, 4.69) is 15.5 Å². The largest absolute Gasteiger partial charge is 0.320 e. The summed E-state index contributed by atoms with van der Waals surface area (Å²) in [4.78, 5) is 33.6. The average Bonchev–Trinajstić information content (AvgIpc) is 3.24. The lowest BCUT2D eigenvalue weighted by molar-refractivity contribution is -0.385. The first-order valence-corrected chi connectivity index (χ1v) is 9.34. The molecule has 1 N–H and O–H groups in total. The Hall–Kier alpha value is -4.19. The Balaban J connectivity index is 1.75. The number of nitrogens with zero attached hydrogens (tertiary/aromatic N) is 5. The fraction of sp³-hybridized carbons (Fsp3) is 0.0556. The van der Waals surface area contributed by atoms with Crippen molar-refractivity contribution in [2.75, 3.05) is 5.32 Å². The number of amides is 1. The van der Waals surface area contributed by atoms with Crippen molar-refractivity contribution in [3.8, 4) is 11.3 Å². The average molecular weight is 424 g/mol. The minimum atomic E-state index is -0.553. The number of fused-ring (bicyclic) bond motifs is 1. The van der Waals surface area contributed by atoms with Gasteiger partial charge in [-0.15, -0.1) is 21.5 Å². The third-order valence-corrected chi connectivity index (χ3v) is 5.35. The molecule has 0 spiro atoms. The van der Waals surface area contributed by atoms with Gasteiger partial charge >= 0.3 is 0 Å². The van der Waals surface area contributed by atoms with Crippen molar-refractivity contribution < 1.29 is 14.6 Å². The fourth-order valence-electron chi connectivity index (χ4n) is 2.95. The summed E-state index contributed by atoms with van der Waals surface area (Å²) >= 11 is 1.24. The lowest BCUT2D eigenvalue weighted by atomic mass is 10.1. The number of benzene rings is 2. The molecule has 4 rings (SSSR count). The van der Waals surface area contributed by atoms with Gasteiger partial charge in [0, 0.05) is 47.8 Å². The van der Waals surface area contributed by atoms with Crippen molar-refractivity contribution in [2.24, 2.45) is 17.3 Å². The molecule has 150 valence electrons. The van der Waals surface area contributed by atoms with Crippen LogP contribution in [0.1, 0.15) is 5.56 Å². The molecule has 12 heteroatoms. The highest BCUT2D eigenvalue weighted by atomic mass is 32.1. The molecular weight excluding hydrogens is 412 g/mol. The maximum atomic E-state index is 12.2. The number of carbonyl (C=O) groups excluding carboxylic acids is 1. The Morgan fingerprint density at radius 3 is 2.50 bits per heavy atom. The normalized spacial score (nSPS) is 14.6. The lowest BCUT2D eigenvalue weighted by Crippen LogP contribution is -2.15. The standard InChI is InChI=1S/C18H12N6O5S/c1-22-15(10-3-2-4-11(7-10)23(26)27)9-30-18(22)21-20-16-13-8-12(24(28)29)5-6-14(13)19-17(16)25/h2-9H,1H3,(H,19,20,25)/b21-18+. The maximum Gasteiger partial charge on any atom is 0.276 e. The maximum absolute atomic E-state index is 12.2. The van der Waals surface area contributed by atoms with Crippen molar-refractivity contribution in [1.82, 2.24) is 4.57 Å². The quantitative estimate of drug-likeness (QED) is 0.505. The lowest BCUT2D eigenvalue weighted by Gasteiger charge is -2.02. The van der Waals surface area contributed by atoms with E-state index in [0.29, 0.717) is 27.3 Å². The Bertz CT molecular complexity index is 1320. The highest BCUT2D eigenvalue weighted by Crippen LogP contribution is 2.28. The molecule has 0 saturated carbocycles. The van der Waals surface area contributed by atoms with Gasteiger partial charge in [0.15, 0.2) is 5.71 Å². The van der Waals surface area contributed by atoms with Crippen LogP contribution in [0, 0.1) is 20.2 Å². The summed E-state index contributed by atoms with van der Waals surface area (Å²) in [6.45, 7) is 0. The number of nitro benzene ring substituents is 2. The Kier molecular flexibility index (Phi) is 4.68. The molecule has 0 unspecified atom stereocenters. The molecule has 1 aliphatic heterocycles. The van der Waals surface area contributed by atoms with Crippen molar-refractivity contribution in [3.63, 3.8) is 0 Å². The van der Waals surface area contributed by atoms with Crippen molar-refractivity contribution in [2.45, 2.75) is 0 Å². The van der Waals surface area contributed by atoms with Gasteiger partial charge in [-0.25, -0.2) is 0 Å². The fourth-order valence-corrected chi connectivity index (χ4v) is 3.80. The molecule has 3 aromatic rings. The van der Waals surface area contributed by atoms with Crippen LogP contribution in [0.25, 0.3) is 11.3 Å². The molecule has 0 atom stereocenters. The Morgan fingerprint density at radius 2 is 1.77 bits per heavy atom. The van der Waals surface area contributed by atoms with Gasteiger partial charge in [0.05, 0.1) is 21.2 Å². The number of hydrogen-bond donors (Lipinski definition) is 1. The number of nitro groups is 2. The molecule has 11 nitrogen and oxygen atoms in total. The third kappa shape index (κ3) is 3.35. The van der Waals surface area contributed by atoms with E-state index in [1.807, 2.05) is 0 Å². The number of hydrogen-bond acceptors (Lipinski definition) is 8. The van der Waals surface area contributed by atoms with Crippen LogP contribution in [0.4, 0.5) is 17.1 Å². The molecule has 0 radical (unpaired) electrons. The SMILES string of the molecule is Cn1c(-c2cccc([N+](=O)[O-])c2)cs/c1=N/N=C1\C(=O)Nc2ccc([N+](=O)[O-])cc21. The first kappa shape index (κ1) is 19.1. The number of carbonyl (C=O) groups is 1. The summed E-state index contributed by atoms with van der Waals surface area (Å²) < 4.78 is 1.69. The molecule has 2 heterocycles. The summed E-state index contributed by atoms with van der Waals surface area (Å²) in [5.74, 6) is -0.507. The van der Waals surface area contributed by atoms with E-state index in [0.717, 1.165) is 0 Å². The highest BCUT2D eigenvalue weighted by Gasteiger charge is 2.28. The van der Waals surface area contributed by atoms with Crippen LogP contribution in [0.15, 0.2) is 58.0 Å². The summed E-state index contributed by atoms with van der Waals surface area (Å²) in [6.07, 6.45) is 0. The summed E-state index contributed by atoms with van der Waals surface area (Å²) in [5.41, 5.74) is 1.83.